The van der Waals surface area contributed by atoms with Gasteiger partial charge in [-0.1, -0.05) is 30.3 Å². The van der Waals surface area contributed by atoms with Crippen LogP contribution in [-0.2, 0) is 26.2 Å². The minimum absolute atomic E-state index is 0.117. The van der Waals surface area contributed by atoms with Crippen molar-refractivity contribution in [3.8, 4) is 5.75 Å². The van der Waals surface area contributed by atoms with Crippen molar-refractivity contribution in [3.05, 3.63) is 93.6 Å². The highest BCUT2D eigenvalue weighted by Crippen LogP contribution is 2.19. The maximum absolute atomic E-state index is 12.3. The molecular formula is C25H25IN4O5S. The molecule has 0 aromatic heterocycles. The number of hydrazone groups is 1. The van der Waals surface area contributed by atoms with E-state index in [1.54, 1.807) is 48.5 Å². The molecule has 0 aliphatic rings. The Balaban J connectivity index is 1.46. The third kappa shape index (κ3) is 8.96. The number of carbonyl (C=O) groups is 2. The number of ether oxygens (including phenoxy) is 1. The second-order valence-corrected chi connectivity index (χ2v) is 10.8. The highest BCUT2D eigenvalue weighted by Gasteiger charge is 2.20. The molecular weight excluding hydrogens is 595 g/mol. The van der Waals surface area contributed by atoms with Crippen LogP contribution in [0, 0.1) is 3.57 Å². The summed E-state index contributed by atoms with van der Waals surface area (Å²) in [5.41, 5.74) is 4.40. The van der Waals surface area contributed by atoms with Crippen molar-refractivity contribution >= 4 is 56.3 Å². The van der Waals surface area contributed by atoms with E-state index in [1.165, 1.54) is 6.21 Å². The minimum atomic E-state index is -3.66. The summed E-state index contributed by atoms with van der Waals surface area (Å²) >= 11 is 2.11. The molecule has 0 bridgehead atoms. The summed E-state index contributed by atoms with van der Waals surface area (Å²) in [6, 6.07) is 23.1. The van der Waals surface area contributed by atoms with Gasteiger partial charge in [-0.2, -0.15) is 5.10 Å². The molecule has 0 atom stereocenters. The normalized spacial score (nSPS) is 11.2. The van der Waals surface area contributed by atoms with Crippen molar-refractivity contribution in [2.45, 2.75) is 6.54 Å². The molecule has 3 rings (SSSR count). The van der Waals surface area contributed by atoms with Gasteiger partial charge in [-0.15, -0.1) is 0 Å². The predicted octanol–water partition coefficient (Wildman–Crippen LogP) is 2.90. The Morgan fingerprint density at radius 2 is 1.64 bits per heavy atom. The second kappa shape index (κ2) is 13.0. The Labute approximate surface area is 223 Å². The maximum atomic E-state index is 12.3. The molecule has 3 aromatic carbocycles. The van der Waals surface area contributed by atoms with E-state index < -0.39 is 22.5 Å². The number of hydrogen-bond donors (Lipinski definition) is 2. The van der Waals surface area contributed by atoms with Crippen LogP contribution in [0.15, 0.2) is 84.0 Å². The second-order valence-electron chi connectivity index (χ2n) is 7.66. The molecule has 0 spiro atoms. The van der Waals surface area contributed by atoms with E-state index in [2.05, 4.69) is 38.4 Å². The highest BCUT2D eigenvalue weighted by molar-refractivity contribution is 14.1. The number of nitrogens with zero attached hydrogens (tertiary/aromatic N) is 2. The van der Waals surface area contributed by atoms with Crippen LogP contribution < -0.4 is 19.8 Å². The van der Waals surface area contributed by atoms with Gasteiger partial charge in [-0.3, -0.25) is 13.9 Å². The number of sulfonamides is 1. The monoisotopic (exact) mass is 620 g/mol. The third-order valence-corrected chi connectivity index (χ3v) is 6.65. The van der Waals surface area contributed by atoms with E-state index >= 15 is 0 Å². The van der Waals surface area contributed by atoms with Gasteiger partial charge in [0.05, 0.1) is 18.2 Å². The maximum Gasteiger partial charge on any atom is 0.260 e. The van der Waals surface area contributed by atoms with Crippen LogP contribution in [0.25, 0.3) is 0 Å². The lowest BCUT2D eigenvalue weighted by Crippen LogP contribution is -2.39. The first-order chi connectivity index (χ1) is 17.2. The van der Waals surface area contributed by atoms with Gasteiger partial charge >= 0.3 is 0 Å². The molecule has 11 heteroatoms. The van der Waals surface area contributed by atoms with Crippen LogP contribution in [0.2, 0.25) is 0 Å². The lowest BCUT2D eigenvalue weighted by molar-refractivity contribution is -0.123. The summed E-state index contributed by atoms with van der Waals surface area (Å²) < 4.78 is 31.7. The van der Waals surface area contributed by atoms with Crippen LogP contribution in [-0.4, -0.2) is 45.9 Å². The number of anilines is 1. The SMILES string of the molecule is CS(=O)(=O)N(CC(=O)N/N=C\c1ccc(OCC(=O)NCc2ccccc2)cc1)c1ccc(I)cc1. The van der Waals surface area contributed by atoms with Crippen molar-refractivity contribution in [2.75, 3.05) is 23.7 Å². The zero-order chi connectivity index (χ0) is 26.0. The number of amides is 2. The Bertz CT molecular complexity index is 1300. The number of halogens is 1. The van der Waals surface area contributed by atoms with Crippen LogP contribution in [0.1, 0.15) is 11.1 Å². The summed E-state index contributed by atoms with van der Waals surface area (Å²) in [6.07, 6.45) is 2.46. The summed E-state index contributed by atoms with van der Waals surface area (Å²) in [6.45, 7) is -0.0968. The van der Waals surface area contributed by atoms with Crippen LogP contribution in [0.4, 0.5) is 5.69 Å². The average molecular weight is 620 g/mol. The molecule has 0 heterocycles. The highest BCUT2D eigenvalue weighted by atomic mass is 127. The van der Waals surface area contributed by atoms with Gasteiger partial charge in [-0.25, -0.2) is 13.8 Å². The van der Waals surface area contributed by atoms with E-state index in [0.29, 0.717) is 23.5 Å². The summed E-state index contributed by atoms with van der Waals surface area (Å²) in [5, 5.41) is 6.68. The molecule has 3 aromatic rings. The van der Waals surface area contributed by atoms with Crippen molar-refractivity contribution < 1.29 is 22.7 Å². The van der Waals surface area contributed by atoms with Crippen molar-refractivity contribution in [1.29, 1.82) is 0 Å². The minimum Gasteiger partial charge on any atom is -0.484 e. The van der Waals surface area contributed by atoms with Crippen LogP contribution in [0.5, 0.6) is 5.75 Å². The summed E-state index contributed by atoms with van der Waals surface area (Å²) in [4.78, 5) is 24.3. The fraction of sp³-hybridized carbons (Fsp3) is 0.160. The molecule has 0 saturated heterocycles. The first-order valence-corrected chi connectivity index (χ1v) is 13.7. The topological polar surface area (TPSA) is 117 Å². The lowest BCUT2D eigenvalue weighted by atomic mass is 10.2. The Kier molecular flexibility index (Phi) is 9.82. The summed E-state index contributed by atoms with van der Waals surface area (Å²) in [7, 11) is -3.66. The van der Waals surface area contributed by atoms with Gasteiger partial charge < -0.3 is 10.1 Å². The number of carbonyl (C=O) groups excluding carboxylic acids is 2. The van der Waals surface area contributed by atoms with Crippen LogP contribution in [0.3, 0.4) is 0 Å². The van der Waals surface area contributed by atoms with Crippen LogP contribution >= 0.6 is 22.6 Å². The summed E-state index contributed by atoms with van der Waals surface area (Å²) in [5.74, 6) is -0.315. The number of hydrogen-bond acceptors (Lipinski definition) is 6. The molecule has 0 unspecified atom stereocenters. The zero-order valence-corrected chi connectivity index (χ0v) is 22.4. The average Bonchev–Trinajstić information content (AvgIpc) is 2.86. The molecule has 0 aliphatic heterocycles. The van der Waals surface area contributed by atoms with E-state index in [-0.39, 0.29) is 12.5 Å². The zero-order valence-electron chi connectivity index (χ0n) is 19.4. The predicted molar refractivity (Wildman–Crippen MR) is 147 cm³/mol. The molecule has 188 valence electrons. The molecule has 36 heavy (non-hydrogen) atoms. The fourth-order valence-electron chi connectivity index (χ4n) is 3.00. The van der Waals surface area contributed by atoms with Crippen molar-refractivity contribution in [3.63, 3.8) is 0 Å². The molecule has 0 aliphatic carbocycles. The molecule has 2 amide bonds. The van der Waals surface area contributed by atoms with E-state index in [0.717, 1.165) is 19.7 Å². The van der Waals surface area contributed by atoms with Gasteiger partial charge in [0, 0.05) is 10.1 Å². The smallest absolute Gasteiger partial charge is 0.260 e. The number of nitrogens with one attached hydrogen (secondary N) is 2. The van der Waals surface area contributed by atoms with Gasteiger partial charge in [0.25, 0.3) is 11.8 Å². The van der Waals surface area contributed by atoms with E-state index in [9.17, 15) is 18.0 Å². The molecule has 2 N–H and O–H groups in total. The van der Waals surface area contributed by atoms with Gasteiger partial charge in [0.15, 0.2) is 6.61 Å². The first-order valence-electron chi connectivity index (χ1n) is 10.8. The Morgan fingerprint density at radius 3 is 2.28 bits per heavy atom. The standard InChI is InChI=1S/C25H25IN4O5S/c1-36(33,34)30(22-11-9-21(26)10-12-22)17-24(31)29-28-16-20-7-13-23(14-8-20)35-18-25(32)27-15-19-5-3-2-4-6-19/h2-14,16H,15,17-18H2,1H3,(H,27,32)(H,29,31)/b28-16-. The third-order valence-electron chi connectivity index (χ3n) is 4.79. The quantitative estimate of drug-likeness (QED) is 0.194. The Hall–Kier alpha value is -3.45. The lowest BCUT2D eigenvalue weighted by Gasteiger charge is -2.21. The Morgan fingerprint density at radius 1 is 0.972 bits per heavy atom. The van der Waals surface area contributed by atoms with Gasteiger partial charge in [0.2, 0.25) is 10.0 Å². The fourth-order valence-corrected chi connectivity index (χ4v) is 4.21. The largest absolute Gasteiger partial charge is 0.484 e. The van der Waals surface area contributed by atoms with E-state index in [1.807, 2.05) is 30.3 Å². The van der Waals surface area contributed by atoms with E-state index in [4.69, 9.17) is 4.74 Å². The number of rotatable bonds is 11. The molecule has 9 nitrogen and oxygen atoms in total. The number of benzene rings is 3. The van der Waals surface area contributed by atoms with Crippen molar-refractivity contribution in [1.82, 2.24) is 10.7 Å². The molecule has 0 fully saturated rings. The first kappa shape index (κ1) is 27.1. The molecule has 0 saturated carbocycles. The molecule has 0 radical (unpaired) electrons. The van der Waals surface area contributed by atoms with Gasteiger partial charge in [-0.05, 0) is 82.2 Å². The van der Waals surface area contributed by atoms with Gasteiger partial charge in [0.1, 0.15) is 12.3 Å². The van der Waals surface area contributed by atoms with Crippen molar-refractivity contribution in [2.24, 2.45) is 5.10 Å².